The predicted octanol–water partition coefficient (Wildman–Crippen LogP) is 0.122. The van der Waals surface area contributed by atoms with Gasteiger partial charge < -0.3 is 15.2 Å². The van der Waals surface area contributed by atoms with E-state index in [0.717, 1.165) is 4.68 Å². The van der Waals surface area contributed by atoms with E-state index in [9.17, 15) is 14.5 Å². The Morgan fingerprint density at radius 3 is 3.00 bits per heavy atom. The van der Waals surface area contributed by atoms with E-state index in [-0.39, 0.29) is 12.4 Å². The summed E-state index contributed by atoms with van der Waals surface area (Å²) in [7, 11) is 0. The second-order valence-corrected chi connectivity index (χ2v) is 2.46. The number of rotatable bonds is 4. The minimum atomic E-state index is -1.17. The van der Waals surface area contributed by atoms with Crippen molar-refractivity contribution >= 4 is 5.82 Å². The first-order chi connectivity index (χ1) is 6.13. The summed E-state index contributed by atoms with van der Waals surface area (Å²) in [5, 5.41) is 22.5. The van der Waals surface area contributed by atoms with Crippen LogP contribution in [0.5, 0.6) is 0 Å². The zero-order valence-corrected chi connectivity index (χ0v) is 6.63. The van der Waals surface area contributed by atoms with E-state index in [1.165, 1.54) is 12.3 Å². The van der Waals surface area contributed by atoms with Gasteiger partial charge in [0.1, 0.15) is 12.8 Å². The quantitative estimate of drug-likeness (QED) is 0.538. The third kappa shape index (κ3) is 2.48. The number of aliphatic hydroxyl groups is 1. The summed E-state index contributed by atoms with van der Waals surface area (Å²) in [6.07, 6.45) is 0.149. The van der Waals surface area contributed by atoms with Gasteiger partial charge in [0.15, 0.2) is 0 Å². The standard InChI is InChI=1S/C6H8FN3O3/c7-3-5(11)4-9-2-1-6(8-9)10(12)13/h1-2,5,11H,3-4H2. The molecule has 1 aromatic rings. The molecule has 0 radical (unpaired) electrons. The lowest BCUT2D eigenvalue weighted by Crippen LogP contribution is -2.18. The zero-order valence-electron chi connectivity index (χ0n) is 6.63. The van der Waals surface area contributed by atoms with Crippen molar-refractivity contribution in [2.75, 3.05) is 6.67 Å². The van der Waals surface area contributed by atoms with Gasteiger partial charge in [-0.3, -0.25) is 0 Å². The summed E-state index contributed by atoms with van der Waals surface area (Å²) in [6.45, 7) is -0.974. The number of alkyl halides is 1. The fourth-order valence-electron chi connectivity index (χ4n) is 0.815. The highest BCUT2D eigenvalue weighted by Crippen LogP contribution is 2.05. The van der Waals surface area contributed by atoms with Crippen LogP contribution >= 0.6 is 0 Å². The van der Waals surface area contributed by atoms with Gasteiger partial charge in [-0.05, 0) is 4.92 Å². The summed E-state index contributed by atoms with van der Waals surface area (Å²) in [6, 6.07) is 1.19. The normalized spacial score (nSPS) is 12.8. The van der Waals surface area contributed by atoms with Gasteiger partial charge in [0.05, 0.1) is 23.9 Å². The first kappa shape index (κ1) is 9.59. The van der Waals surface area contributed by atoms with Crippen molar-refractivity contribution in [3.8, 4) is 0 Å². The number of hydrogen-bond donors (Lipinski definition) is 1. The SMILES string of the molecule is O=[N+]([O-])c1ccn(CC(O)CF)n1. The van der Waals surface area contributed by atoms with Crippen LogP contribution in [0.1, 0.15) is 0 Å². The van der Waals surface area contributed by atoms with Crippen LogP contribution in [-0.2, 0) is 6.54 Å². The Balaban J connectivity index is 2.64. The smallest absolute Gasteiger partial charge is 0.388 e. The third-order valence-electron chi connectivity index (χ3n) is 1.39. The van der Waals surface area contributed by atoms with Gasteiger partial charge in [0.25, 0.3) is 0 Å². The number of aromatic nitrogens is 2. The van der Waals surface area contributed by atoms with E-state index in [2.05, 4.69) is 5.10 Å². The zero-order chi connectivity index (χ0) is 9.84. The van der Waals surface area contributed by atoms with Crippen molar-refractivity contribution in [3.63, 3.8) is 0 Å². The lowest BCUT2D eigenvalue weighted by atomic mass is 10.4. The molecule has 7 heteroatoms. The highest BCUT2D eigenvalue weighted by Gasteiger charge is 2.13. The van der Waals surface area contributed by atoms with E-state index in [1.807, 2.05) is 0 Å². The maximum atomic E-state index is 11.8. The van der Waals surface area contributed by atoms with E-state index in [4.69, 9.17) is 5.11 Å². The van der Waals surface area contributed by atoms with Gasteiger partial charge in [-0.2, -0.15) is 4.68 Å². The van der Waals surface area contributed by atoms with Crippen molar-refractivity contribution in [3.05, 3.63) is 22.4 Å². The molecule has 13 heavy (non-hydrogen) atoms. The predicted molar refractivity (Wildman–Crippen MR) is 40.9 cm³/mol. The van der Waals surface area contributed by atoms with Crippen LogP contribution in [0.15, 0.2) is 12.3 Å². The van der Waals surface area contributed by atoms with Gasteiger partial charge in [0.2, 0.25) is 0 Å². The molecule has 1 rings (SSSR count). The monoisotopic (exact) mass is 189 g/mol. The summed E-state index contributed by atoms with van der Waals surface area (Å²) in [5.74, 6) is -0.314. The molecule has 0 aliphatic carbocycles. The van der Waals surface area contributed by atoms with E-state index in [0.29, 0.717) is 0 Å². The fraction of sp³-hybridized carbons (Fsp3) is 0.500. The van der Waals surface area contributed by atoms with Crippen LogP contribution in [0.25, 0.3) is 0 Å². The molecule has 1 aromatic heterocycles. The highest BCUT2D eigenvalue weighted by atomic mass is 19.1. The second-order valence-electron chi connectivity index (χ2n) is 2.46. The molecule has 1 unspecified atom stereocenters. The molecule has 0 fully saturated rings. The number of nitro groups is 1. The molecule has 0 amide bonds. The van der Waals surface area contributed by atoms with Gasteiger partial charge in [-0.15, -0.1) is 0 Å². The molecule has 72 valence electrons. The molecule has 1 N–H and O–H groups in total. The average molecular weight is 189 g/mol. The van der Waals surface area contributed by atoms with Crippen LogP contribution in [0.4, 0.5) is 10.2 Å². The molecule has 1 atom stereocenters. The maximum Gasteiger partial charge on any atom is 0.389 e. The number of nitrogens with zero attached hydrogens (tertiary/aromatic N) is 3. The Morgan fingerprint density at radius 2 is 2.54 bits per heavy atom. The average Bonchev–Trinajstić information content (AvgIpc) is 2.52. The van der Waals surface area contributed by atoms with Gasteiger partial charge in [-0.25, -0.2) is 4.39 Å². The lowest BCUT2D eigenvalue weighted by Gasteiger charge is -2.01. The molecular formula is C6H8FN3O3. The fourth-order valence-corrected chi connectivity index (χ4v) is 0.815. The Morgan fingerprint density at radius 1 is 1.85 bits per heavy atom. The van der Waals surface area contributed by atoms with E-state index < -0.39 is 17.7 Å². The first-order valence-electron chi connectivity index (χ1n) is 3.55. The van der Waals surface area contributed by atoms with Gasteiger partial charge >= 0.3 is 5.82 Å². The molecule has 0 saturated heterocycles. The molecule has 0 aromatic carbocycles. The molecule has 0 saturated carbocycles. The van der Waals surface area contributed by atoms with Crippen LogP contribution in [0, 0.1) is 10.1 Å². The summed E-state index contributed by atoms with van der Waals surface area (Å²) < 4.78 is 12.9. The number of hydrogen-bond acceptors (Lipinski definition) is 4. The first-order valence-corrected chi connectivity index (χ1v) is 3.55. The third-order valence-corrected chi connectivity index (χ3v) is 1.39. The molecule has 0 aliphatic heterocycles. The molecule has 0 spiro atoms. The second kappa shape index (κ2) is 3.94. The molecule has 0 bridgehead atoms. The Hall–Kier alpha value is -1.50. The van der Waals surface area contributed by atoms with Crippen LogP contribution < -0.4 is 0 Å². The summed E-state index contributed by atoms with van der Waals surface area (Å²) in [4.78, 5) is 9.51. The number of aliphatic hydroxyl groups excluding tert-OH is 1. The Labute approximate surface area is 72.7 Å². The van der Waals surface area contributed by atoms with E-state index in [1.54, 1.807) is 0 Å². The van der Waals surface area contributed by atoms with Crippen molar-refractivity contribution in [2.24, 2.45) is 0 Å². The number of halogens is 1. The van der Waals surface area contributed by atoms with Crippen LogP contribution in [0.2, 0.25) is 0 Å². The Bertz CT molecular complexity index is 301. The van der Waals surface area contributed by atoms with Crippen molar-refractivity contribution in [1.82, 2.24) is 9.78 Å². The molecule has 6 nitrogen and oxygen atoms in total. The van der Waals surface area contributed by atoms with Crippen molar-refractivity contribution in [2.45, 2.75) is 12.6 Å². The molecule has 0 aliphatic rings. The lowest BCUT2D eigenvalue weighted by molar-refractivity contribution is -0.389. The largest absolute Gasteiger partial charge is 0.389 e. The topological polar surface area (TPSA) is 81.2 Å². The summed E-state index contributed by atoms with van der Waals surface area (Å²) in [5.41, 5.74) is 0. The van der Waals surface area contributed by atoms with Crippen LogP contribution in [-0.4, -0.2) is 32.6 Å². The van der Waals surface area contributed by atoms with Gasteiger partial charge in [-0.1, -0.05) is 0 Å². The minimum Gasteiger partial charge on any atom is -0.388 e. The van der Waals surface area contributed by atoms with Gasteiger partial charge in [0, 0.05) is 0 Å². The van der Waals surface area contributed by atoms with Crippen LogP contribution in [0.3, 0.4) is 0 Å². The highest BCUT2D eigenvalue weighted by molar-refractivity contribution is 5.13. The molecular weight excluding hydrogens is 181 g/mol. The van der Waals surface area contributed by atoms with Crippen molar-refractivity contribution in [1.29, 1.82) is 0 Å². The minimum absolute atomic E-state index is 0.0790. The Kier molecular flexibility index (Phi) is 2.91. The maximum absolute atomic E-state index is 11.8. The molecule has 1 heterocycles. The summed E-state index contributed by atoms with van der Waals surface area (Å²) >= 11 is 0. The van der Waals surface area contributed by atoms with E-state index >= 15 is 0 Å². The van der Waals surface area contributed by atoms with Crippen molar-refractivity contribution < 1.29 is 14.4 Å².